The third-order valence-electron chi connectivity index (χ3n) is 12.0. The number of aromatic nitrogens is 5. The van der Waals surface area contributed by atoms with Gasteiger partial charge >= 0.3 is 0 Å². The third kappa shape index (κ3) is 6.06. The minimum atomic E-state index is 0.625. The lowest BCUT2D eigenvalue weighted by molar-refractivity contribution is 1.07. The average molecular weight is 792 g/mol. The van der Waals surface area contributed by atoms with Crippen molar-refractivity contribution in [1.82, 2.24) is 24.1 Å². The molecule has 0 aliphatic heterocycles. The lowest BCUT2D eigenvalue weighted by atomic mass is 10.0. The van der Waals surface area contributed by atoms with E-state index in [1.54, 1.807) is 0 Å². The molecule has 0 fully saturated rings. The Kier molecular flexibility index (Phi) is 8.42. The van der Waals surface area contributed by atoms with Gasteiger partial charge in [0.15, 0.2) is 17.5 Å². The topological polar surface area (TPSA) is 48.5 Å². The zero-order valence-electron chi connectivity index (χ0n) is 33.6. The Labute approximate surface area is 358 Å². The van der Waals surface area contributed by atoms with Gasteiger partial charge in [-0.05, 0) is 76.9 Å². The Morgan fingerprint density at radius 3 is 1.26 bits per heavy atom. The number of benzene rings is 9. The number of para-hydroxylation sites is 2. The fourth-order valence-electron chi connectivity index (χ4n) is 9.04. The molecule has 0 atom stereocenters. The highest BCUT2D eigenvalue weighted by Gasteiger charge is 2.18. The predicted octanol–water partition coefficient (Wildman–Crippen LogP) is 14.4. The zero-order valence-corrected chi connectivity index (χ0v) is 33.6. The van der Waals surface area contributed by atoms with Gasteiger partial charge in [-0.2, -0.15) is 0 Å². The van der Waals surface area contributed by atoms with E-state index in [1.807, 2.05) is 60.7 Å². The average Bonchev–Trinajstić information content (AvgIpc) is 3.87. The standard InChI is InChI=1S/C57H37N5/c1-4-16-38(17-5-1)41-22-14-24-45(34-41)61-52-29-13-11-27-48(52)50-36-42(31-33-53(50)61)43-30-32-49-47-26-10-12-28-51(47)62(54(49)37-43)46-25-15-23-44(35-46)57-59-55(39-18-6-2-7-19-39)58-56(60-57)40-20-8-3-9-21-40/h1-37H. The summed E-state index contributed by atoms with van der Waals surface area (Å²) in [5, 5.41) is 4.85. The van der Waals surface area contributed by atoms with Crippen molar-refractivity contribution in [3.05, 3.63) is 224 Å². The molecule has 3 heterocycles. The van der Waals surface area contributed by atoms with Crippen LogP contribution in [0.1, 0.15) is 0 Å². The highest BCUT2D eigenvalue weighted by Crippen LogP contribution is 2.39. The van der Waals surface area contributed by atoms with Gasteiger partial charge in [-0.15, -0.1) is 0 Å². The van der Waals surface area contributed by atoms with Crippen molar-refractivity contribution in [3.63, 3.8) is 0 Å². The summed E-state index contributed by atoms with van der Waals surface area (Å²) in [5.41, 5.74) is 14.3. The molecular weight excluding hydrogens is 755 g/mol. The number of hydrogen-bond acceptors (Lipinski definition) is 3. The van der Waals surface area contributed by atoms with Gasteiger partial charge in [0.1, 0.15) is 0 Å². The van der Waals surface area contributed by atoms with Crippen LogP contribution in [-0.2, 0) is 0 Å². The van der Waals surface area contributed by atoms with Crippen LogP contribution in [0.25, 0.3) is 111 Å². The van der Waals surface area contributed by atoms with Crippen LogP contribution in [-0.4, -0.2) is 24.1 Å². The molecule has 62 heavy (non-hydrogen) atoms. The Balaban J connectivity index is 0.996. The van der Waals surface area contributed by atoms with Gasteiger partial charge in [0.25, 0.3) is 0 Å². The molecule has 12 rings (SSSR count). The molecule has 0 saturated carbocycles. The van der Waals surface area contributed by atoms with E-state index in [0.717, 1.165) is 50.2 Å². The Morgan fingerprint density at radius 1 is 0.226 bits per heavy atom. The Bertz CT molecular complexity index is 3570. The maximum Gasteiger partial charge on any atom is 0.164 e. The molecule has 12 aromatic rings. The SMILES string of the molecule is c1ccc(-c2cccc(-n3c4ccccc4c4cc(-c5ccc6c7ccccc7n(-c7cccc(-c8nc(-c9ccccc9)nc(-c9ccccc9)n8)c7)c6c5)ccc43)c2)cc1. The second-order valence-electron chi connectivity index (χ2n) is 15.7. The van der Waals surface area contributed by atoms with E-state index in [-0.39, 0.29) is 0 Å². The molecule has 0 bridgehead atoms. The first-order chi connectivity index (χ1) is 30.7. The first-order valence-electron chi connectivity index (χ1n) is 20.9. The Hall–Kier alpha value is -8.41. The number of hydrogen-bond donors (Lipinski definition) is 0. The molecule has 0 radical (unpaired) electrons. The lowest BCUT2D eigenvalue weighted by Gasteiger charge is -2.12. The summed E-state index contributed by atoms with van der Waals surface area (Å²) in [5.74, 6) is 1.91. The number of nitrogens with zero attached hydrogens (tertiary/aromatic N) is 5. The van der Waals surface area contributed by atoms with E-state index in [2.05, 4.69) is 173 Å². The van der Waals surface area contributed by atoms with E-state index in [9.17, 15) is 0 Å². The predicted molar refractivity (Wildman–Crippen MR) is 256 cm³/mol. The number of fused-ring (bicyclic) bond motifs is 6. The summed E-state index contributed by atoms with van der Waals surface area (Å²) >= 11 is 0. The molecule has 5 heteroatoms. The van der Waals surface area contributed by atoms with Crippen molar-refractivity contribution in [1.29, 1.82) is 0 Å². The summed E-state index contributed by atoms with van der Waals surface area (Å²) in [4.78, 5) is 15.0. The van der Waals surface area contributed by atoms with Gasteiger partial charge in [-0.25, -0.2) is 15.0 Å². The minimum absolute atomic E-state index is 0.625. The molecule has 0 aliphatic carbocycles. The van der Waals surface area contributed by atoms with Crippen molar-refractivity contribution in [2.75, 3.05) is 0 Å². The van der Waals surface area contributed by atoms with Crippen LogP contribution in [0.15, 0.2) is 224 Å². The molecule has 0 N–H and O–H groups in total. The van der Waals surface area contributed by atoms with Crippen LogP contribution in [0.5, 0.6) is 0 Å². The van der Waals surface area contributed by atoms with E-state index in [0.29, 0.717) is 17.5 Å². The van der Waals surface area contributed by atoms with E-state index in [4.69, 9.17) is 15.0 Å². The molecule has 290 valence electrons. The van der Waals surface area contributed by atoms with Crippen LogP contribution >= 0.6 is 0 Å². The summed E-state index contributed by atoms with van der Waals surface area (Å²) in [6, 6.07) is 79.4. The van der Waals surface area contributed by atoms with Crippen LogP contribution in [0.3, 0.4) is 0 Å². The second kappa shape index (κ2) is 14.7. The van der Waals surface area contributed by atoms with E-state index >= 15 is 0 Å². The monoisotopic (exact) mass is 791 g/mol. The maximum atomic E-state index is 5.05. The second-order valence-corrected chi connectivity index (χ2v) is 15.7. The van der Waals surface area contributed by atoms with Crippen molar-refractivity contribution < 1.29 is 0 Å². The van der Waals surface area contributed by atoms with Crippen LogP contribution in [0.4, 0.5) is 0 Å². The van der Waals surface area contributed by atoms with Gasteiger partial charge in [-0.1, -0.05) is 170 Å². The van der Waals surface area contributed by atoms with E-state index < -0.39 is 0 Å². The lowest BCUT2D eigenvalue weighted by Crippen LogP contribution is -2.01. The van der Waals surface area contributed by atoms with Crippen molar-refractivity contribution in [2.45, 2.75) is 0 Å². The molecule has 0 aliphatic rings. The molecule has 3 aromatic heterocycles. The molecule has 0 spiro atoms. The molecule has 5 nitrogen and oxygen atoms in total. The summed E-state index contributed by atoms with van der Waals surface area (Å²) in [7, 11) is 0. The first kappa shape index (κ1) is 35.5. The van der Waals surface area contributed by atoms with Crippen molar-refractivity contribution >= 4 is 43.6 Å². The van der Waals surface area contributed by atoms with Gasteiger partial charge in [0.05, 0.1) is 22.1 Å². The Morgan fingerprint density at radius 2 is 0.629 bits per heavy atom. The molecular formula is C57H37N5. The van der Waals surface area contributed by atoms with Crippen LogP contribution < -0.4 is 0 Å². The fourth-order valence-corrected chi connectivity index (χ4v) is 9.04. The van der Waals surface area contributed by atoms with Crippen molar-refractivity contribution in [3.8, 4) is 67.8 Å². The van der Waals surface area contributed by atoms with E-state index in [1.165, 1.54) is 43.7 Å². The highest BCUT2D eigenvalue weighted by atomic mass is 15.0. The largest absolute Gasteiger partial charge is 0.309 e. The summed E-state index contributed by atoms with van der Waals surface area (Å²) < 4.78 is 4.77. The fraction of sp³-hybridized carbons (Fsp3) is 0. The minimum Gasteiger partial charge on any atom is -0.309 e. The smallest absolute Gasteiger partial charge is 0.164 e. The zero-order chi connectivity index (χ0) is 41.0. The molecule has 0 saturated heterocycles. The quantitative estimate of drug-likeness (QED) is 0.162. The van der Waals surface area contributed by atoms with Gasteiger partial charge < -0.3 is 9.13 Å². The van der Waals surface area contributed by atoms with Gasteiger partial charge in [0.2, 0.25) is 0 Å². The summed E-state index contributed by atoms with van der Waals surface area (Å²) in [6.07, 6.45) is 0. The van der Waals surface area contributed by atoms with Gasteiger partial charge in [0, 0.05) is 49.6 Å². The van der Waals surface area contributed by atoms with Crippen LogP contribution in [0, 0.1) is 0 Å². The maximum absolute atomic E-state index is 5.05. The highest BCUT2D eigenvalue weighted by molar-refractivity contribution is 6.12. The third-order valence-corrected chi connectivity index (χ3v) is 12.0. The molecule has 0 unspecified atom stereocenters. The normalized spacial score (nSPS) is 11.5. The van der Waals surface area contributed by atoms with Crippen molar-refractivity contribution in [2.24, 2.45) is 0 Å². The van der Waals surface area contributed by atoms with Gasteiger partial charge in [-0.3, -0.25) is 0 Å². The number of rotatable bonds is 7. The molecule has 9 aromatic carbocycles. The first-order valence-corrected chi connectivity index (χ1v) is 20.9. The van der Waals surface area contributed by atoms with Crippen LogP contribution in [0.2, 0.25) is 0 Å². The summed E-state index contributed by atoms with van der Waals surface area (Å²) in [6.45, 7) is 0. The molecule has 0 amide bonds.